The Bertz CT molecular complexity index is 419. The molecule has 1 N–H and O–H groups in total. The average molecular weight is 264 g/mol. The van der Waals surface area contributed by atoms with Crippen molar-refractivity contribution in [1.82, 2.24) is 10.2 Å². The van der Waals surface area contributed by atoms with Crippen molar-refractivity contribution in [3.8, 4) is 11.5 Å². The summed E-state index contributed by atoms with van der Waals surface area (Å²) in [5.41, 5.74) is 1.16. The van der Waals surface area contributed by atoms with E-state index >= 15 is 0 Å². The van der Waals surface area contributed by atoms with Gasteiger partial charge in [0.2, 0.25) is 6.79 Å². The highest BCUT2D eigenvalue weighted by Gasteiger charge is 2.16. The van der Waals surface area contributed by atoms with Gasteiger partial charge < -0.3 is 19.5 Å². The highest BCUT2D eigenvalue weighted by Crippen LogP contribution is 2.35. The number of fused-ring (bicyclic) bond motifs is 1. The number of benzene rings is 1. The summed E-state index contributed by atoms with van der Waals surface area (Å²) in [6.45, 7) is 6.99. The summed E-state index contributed by atoms with van der Waals surface area (Å²) < 4.78 is 16.2. The van der Waals surface area contributed by atoms with Crippen molar-refractivity contribution >= 4 is 0 Å². The molecule has 5 heteroatoms. The molecule has 1 saturated heterocycles. The van der Waals surface area contributed by atoms with E-state index in [9.17, 15) is 0 Å². The van der Waals surface area contributed by atoms with Gasteiger partial charge in [-0.25, -0.2) is 0 Å². The van der Waals surface area contributed by atoms with Gasteiger partial charge in [-0.1, -0.05) is 12.1 Å². The molecule has 0 aromatic heterocycles. The third kappa shape index (κ3) is 3.18. The van der Waals surface area contributed by atoms with E-state index < -0.39 is 0 Å². The van der Waals surface area contributed by atoms with Crippen molar-refractivity contribution in [2.24, 2.45) is 0 Å². The largest absolute Gasteiger partial charge is 0.454 e. The zero-order chi connectivity index (χ0) is 12.9. The minimum absolute atomic E-state index is 0.333. The zero-order valence-corrected chi connectivity index (χ0v) is 11.1. The summed E-state index contributed by atoms with van der Waals surface area (Å²) in [4.78, 5) is 2.42. The zero-order valence-electron chi connectivity index (χ0n) is 11.1. The summed E-state index contributed by atoms with van der Waals surface area (Å²) in [7, 11) is 0. The third-order valence-electron chi connectivity index (χ3n) is 3.50. The van der Waals surface area contributed by atoms with E-state index in [0.717, 1.165) is 63.0 Å². The molecule has 2 aliphatic heterocycles. The van der Waals surface area contributed by atoms with E-state index in [0.29, 0.717) is 6.79 Å². The molecule has 0 unspecified atom stereocenters. The molecule has 0 spiro atoms. The molecule has 1 aromatic carbocycles. The van der Waals surface area contributed by atoms with Gasteiger partial charge in [0.05, 0.1) is 13.2 Å². The van der Waals surface area contributed by atoms with Gasteiger partial charge in [0, 0.05) is 38.3 Å². The van der Waals surface area contributed by atoms with E-state index in [1.165, 1.54) is 0 Å². The van der Waals surface area contributed by atoms with Gasteiger partial charge in [-0.3, -0.25) is 4.90 Å². The van der Waals surface area contributed by atoms with Gasteiger partial charge in [-0.15, -0.1) is 0 Å². The van der Waals surface area contributed by atoms with Crippen molar-refractivity contribution in [3.05, 3.63) is 23.8 Å². The molecule has 0 saturated carbocycles. The molecule has 104 valence electrons. The third-order valence-corrected chi connectivity index (χ3v) is 3.50. The van der Waals surface area contributed by atoms with Crippen molar-refractivity contribution in [3.63, 3.8) is 0 Å². The van der Waals surface area contributed by atoms with Crippen LogP contribution in [0.1, 0.15) is 5.56 Å². The molecule has 0 atom stereocenters. The van der Waals surface area contributed by atoms with Gasteiger partial charge >= 0.3 is 0 Å². The van der Waals surface area contributed by atoms with E-state index in [4.69, 9.17) is 14.2 Å². The lowest BCUT2D eigenvalue weighted by atomic mass is 10.2. The summed E-state index contributed by atoms with van der Waals surface area (Å²) in [5.74, 6) is 1.74. The fraction of sp³-hybridized carbons (Fsp3) is 0.571. The summed E-state index contributed by atoms with van der Waals surface area (Å²) in [6.07, 6.45) is 0. The molecule has 0 bridgehead atoms. The number of hydrogen-bond acceptors (Lipinski definition) is 5. The van der Waals surface area contributed by atoms with E-state index in [1.54, 1.807) is 0 Å². The van der Waals surface area contributed by atoms with Gasteiger partial charge in [-0.2, -0.15) is 0 Å². The van der Waals surface area contributed by atoms with Crippen LogP contribution >= 0.6 is 0 Å². The Labute approximate surface area is 113 Å². The first-order chi connectivity index (χ1) is 9.43. The Kier molecular flexibility index (Phi) is 4.17. The molecule has 3 rings (SSSR count). The van der Waals surface area contributed by atoms with Crippen molar-refractivity contribution in [2.45, 2.75) is 6.54 Å². The lowest BCUT2D eigenvalue weighted by molar-refractivity contribution is 0.0384. The van der Waals surface area contributed by atoms with Crippen LogP contribution in [0.15, 0.2) is 18.2 Å². The lowest BCUT2D eigenvalue weighted by Crippen LogP contribution is -2.40. The van der Waals surface area contributed by atoms with Gasteiger partial charge in [0.1, 0.15) is 0 Å². The number of para-hydroxylation sites is 1. The van der Waals surface area contributed by atoms with Crippen molar-refractivity contribution < 1.29 is 14.2 Å². The predicted octanol–water partition coefficient (Wildman–Crippen LogP) is 0.837. The van der Waals surface area contributed by atoms with E-state index in [-0.39, 0.29) is 0 Å². The van der Waals surface area contributed by atoms with Crippen LogP contribution in [-0.2, 0) is 11.3 Å². The SMILES string of the molecule is c1cc(CNCCN2CCOCC2)c2c(c1)OCO2. The number of hydrogen-bond donors (Lipinski definition) is 1. The standard InChI is InChI=1S/C14H20N2O3/c1-2-12(14-13(3-1)18-11-19-14)10-15-4-5-16-6-8-17-9-7-16/h1-3,15H,4-11H2. The minimum atomic E-state index is 0.333. The summed E-state index contributed by atoms with van der Waals surface area (Å²) in [6, 6.07) is 6.03. The lowest BCUT2D eigenvalue weighted by Gasteiger charge is -2.26. The highest BCUT2D eigenvalue weighted by atomic mass is 16.7. The second kappa shape index (κ2) is 6.23. The first kappa shape index (κ1) is 12.7. The maximum atomic E-state index is 5.49. The number of ether oxygens (including phenoxy) is 3. The molecular weight excluding hydrogens is 244 g/mol. The number of rotatable bonds is 5. The van der Waals surface area contributed by atoms with Gasteiger partial charge in [0.25, 0.3) is 0 Å². The number of nitrogens with one attached hydrogen (secondary N) is 1. The Morgan fingerprint density at radius 3 is 2.95 bits per heavy atom. The first-order valence-corrected chi connectivity index (χ1v) is 6.82. The van der Waals surface area contributed by atoms with E-state index in [2.05, 4.69) is 16.3 Å². The molecule has 5 nitrogen and oxygen atoms in total. The smallest absolute Gasteiger partial charge is 0.231 e. The fourth-order valence-corrected chi connectivity index (χ4v) is 2.41. The predicted molar refractivity (Wildman–Crippen MR) is 71.5 cm³/mol. The minimum Gasteiger partial charge on any atom is -0.454 e. The quantitative estimate of drug-likeness (QED) is 0.798. The Morgan fingerprint density at radius 1 is 1.16 bits per heavy atom. The van der Waals surface area contributed by atoms with Crippen LogP contribution < -0.4 is 14.8 Å². The first-order valence-electron chi connectivity index (χ1n) is 6.82. The average Bonchev–Trinajstić information content (AvgIpc) is 2.94. The molecule has 0 radical (unpaired) electrons. The van der Waals surface area contributed by atoms with Crippen LogP contribution in [0.25, 0.3) is 0 Å². The molecular formula is C14H20N2O3. The Balaban J connectivity index is 1.44. The molecule has 2 heterocycles. The van der Waals surface area contributed by atoms with E-state index in [1.807, 2.05) is 12.1 Å². The fourth-order valence-electron chi connectivity index (χ4n) is 2.41. The maximum absolute atomic E-state index is 5.49. The van der Waals surface area contributed by atoms with Crippen molar-refractivity contribution in [1.29, 1.82) is 0 Å². The maximum Gasteiger partial charge on any atom is 0.231 e. The summed E-state index contributed by atoms with van der Waals surface area (Å²) >= 11 is 0. The highest BCUT2D eigenvalue weighted by molar-refractivity contribution is 5.48. The number of morpholine rings is 1. The topological polar surface area (TPSA) is 43.0 Å². The van der Waals surface area contributed by atoms with Crippen LogP contribution in [0.5, 0.6) is 11.5 Å². The van der Waals surface area contributed by atoms with Crippen LogP contribution in [0.2, 0.25) is 0 Å². The van der Waals surface area contributed by atoms with Gasteiger partial charge in [-0.05, 0) is 6.07 Å². The molecule has 1 fully saturated rings. The number of nitrogens with zero attached hydrogens (tertiary/aromatic N) is 1. The molecule has 19 heavy (non-hydrogen) atoms. The molecule has 1 aromatic rings. The second-order valence-electron chi connectivity index (χ2n) is 4.78. The van der Waals surface area contributed by atoms with Crippen molar-refractivity contribution in [2.75, 3.05) is 46.2 Å². The van der Waals surface area contributed by atoms with Gasteiger partial charge in [0.15, 0.2) is 11.5 Å². The second-order valence-corrected chi connectivity index (χ2v) is 4.78. The Morgan fingerprint density at radius 2 is 2.05 bits per heavy atom. The monoisotopic (exact) mass is 264 g/mol. The summed E-state index contributed by atoms with van der Waals surface area (Å²) in [5, 5.41) is 3.46. The van der Waals surface area contributed by atoms with Crippen LogP contribution in [-0.4, -0.2) is 51.1 Å². The molecule has 0 amide bonds. The Hall–Kier alpha value is -1.30. The normalized spacial score (nSPS) is 18.7. The van der Waals surface area contributed by atoms with Crippen LogP contribution in [0.4, 0.5) is 0 Å². The molecule has 2 aliphatic rings. The molecule has 0 aliphatic carbocycles. The van der Waals surface area contributed by atoms with Crippen LogP contribution in [0, 0.1) is 0 Å². The van der Waals surface area contributed by atoms with Crippen LogP contribution in [0.3, 0.4) is 0 Å².